The molecule has 1 aliphatic rings. The smallest absolute Gasteiger partial charge is 0.262 e. The highest BCUT2D eigenvalue weighted by molar-refractivity contribution is 9.10. The van der Waals surface area contributed by atoms with E-state index < -0.39 is 11.9 Å². The van der Waals surface area contributed by atoms with Crippen molar-refractivity contribution in [3.8, 4) is 17.1 Å². The second kappa shape index (κ2) is 12.2. The number of aryl methyl sites for hydroxylation is 3. The Kier molecular flexibility index (Phi) is 8.82. The van der Waals surface area contributed by atoms with Crippen molar-refractivity contribution in [1.82, 2.24) is 10.7 Å². The van der Waals surface area contributed by atoms with E-state index in [9.17, 15) is 9.59 Å². The number of nitrogens with zero attached hydrogens (tertiary/aromatic N) is 1. The van der Waals surface area contributed by atoms with Gasteiger partial charge in [0.15, 0.2) is 6.61 Å². The van der Waals surface area contributed by atoms with Crippen molar-refractivity contribution in [2.45, 2.75) is 52.5 Å². The molecule has 1 aliphatic carbocycles. The summed E-state index contributed by atoms with van der Waals surface area (Å²) in [4.78, 5) is 25.3. The zero-order valence-electron chi connectivity index (χ0n) is 21.3. The van der Waals surface area contributed by atoms with E-state index in [0.29, 0.717) is 17.3 Å². The lowest BCUT2D eigenvalue weighted by atomic mass is 9.92. The quantitative estimate of drug-likeness (QED) is 0.262. The topological polar surface area (TPSA) is 92.9 Å². The molecule has 8 heteroatoms. The molecule has 1 atom stereocenters. The summed E-state index contributed by atoms with van der Waals surface area (Å²) in [5.41, 5.74) is 7.21. The third kappa shape index (κ3) is 7.10. The number of rotatable bonds is 9. The van der Waals surface area contributed by atoms with Gasteiger partial charge in [0, 0.05) is 10.0 Å². The van der Waals surface area contributed by atoms with Crippen molar-refractivity contribution in [2.75, 3.05) is 6.61 Å². The molecule has 0 bridgehead atoms. The van der Waals surface area contributed by atoms with Gasteiger partial charge >= 0.3 is 0 Å². The van der Waals surface area contributed by atoms with Crippen LogP contribution in [-0.2, 0) is 22.4 Å². The van der Waals surface area contributed by atoms with Crippen molar-refractivity contribution in [3.63, 3.8) is 0 Å². The number of furan rings is 1. The van der Waals surface area contributed by atoms with Crippen LogP contribution in [0.15, 0.2) is 62.5 Å². The average molecular weight is 566 g/mol. The first-order valence-electron chi connectivity index (χ1n) is 12.5. The van der Waals surface area contributed by atoms with Crippen molar-refractivity contribution < 1.29 is 18.7 Å². The summed E-state index contributed by atoms with van der Waals surface area (Å²) in [6, 6.07) is 14.9. The van der Waals surface area contributed by atoms with Gasteiger partial charge in [-0.25, -0.2) is 5.43 Å². The van der Waals surface area contributed by atoms with Gasteiger partial charge in [-0.2, -0.15) is 5.10 Å². The van der Waals surface area contributed by atoms with Gasteiger partial charge in [-0.1, -0.05) is 41.9 Å². The number of amides is 2. The molecule has 1 heterocycles. The largest absolute Gasteiger partial charge is 0.484 e. The van der Waals surface area contributed by atoms with Gasteiger partial charge in [0.2, 0.25) is 0 Å². The minimum absolute atomic E-state index is 0.142. The highest BCUT2D eigenvalue weighted by Gasteiger charge is 2.24. The minimum atomic E-state index is -0.757. The molecule has 194 valence electrons. The van der Waals surface area contributed by atoms with Crippen molar-refractivity contribution >= 4 is 34.0 Å². The van der Waals surface area contributed by atoms with Crippen LogP contribution in [0, 0.1) is 12.8 Å². The first kappa shape index (κ1) is 26.7. The van der Waals surface area contributed by atoms with Crippen LogP contribution >= 0.6 is 15.9 Å². The van der Waals surface area contributed by atoms with E-state index in [-0.39, 0.29) is 18.4 Å². The molecule has 0 unspecified atom stereocenters. The average Bonchev–Trinajstić information content (AvgIpc) is 3.34. The number of carbonyl (C=O) groups excluding carboxylic acids is 2. The number of hydrogen-bond acceptors (Lipinski definition) is 5. The molecule has 0 fully saturated rings. The molecular formula is C29H32BrN3O4. The molecule has 7 nitrogen and oxygen atoms in total. The second-order valence-corrected chi connectivity index (χ2v) is 10.5. The van der Waals surface area contributed by atoms with E-state index in [4.69, 9.17) is 9.15 Å². The van der Waals surface area contributed by atoms with E-state index in [1.165, 1.54) is 30.2 Å². The van der Waals surface area contributed by atoms with Gasteiger partial charge in [0.25, 0.3) is 11.8 Å². The highest BCUT2D eigenvalue weighted by Crippen LogP contribution is 2.30. The molecule has 2 aromatic carbocycles. The van der Waals surface area contributed by atoms with E-state index >= 15 is 0 Å². The fourth-order valence-electron chi connectivity index (χ4n) is 4.31. The summed E-state index contributed by atoms with van der Waals surface area (Å²) < 4.78 is 12.5. The van der Waals surface area contributed by atoms with E-state index in [1.807, 2.05) is 57.2 Å². The summed E-state index contributed by atoms with van der Waals surface area (Å²) in [5.74, 6) is 0.923. The zero-order valence-corrected chi connectivity index (χ0v) is 22.9. The number of carbonyl (C=O) groups is 2. The first-order valence-corrected chi connectivity index (χ1v) is 13.3. The van der Waals surface area contributed by atoms with Crippen LogP contribution < -0.4 is 15.5 Å². The molecule has 0 aliphatic heterocycles. The molecule has 4 rings (SSSR count). The number of halogens is 1. The number of ether oxygens (including phenoxy) is 1. The molecule has 2 amide bonds. The number of hydrogen-bond donors (Lipinski definition) is 2. The number of benzene rings is 2. The Labute approximate surface area is 225 Å². The molecular weight excluding hydrogens is 534 g/mol. The molecule has 1 aromatic heterocycles. The lowest BCUT2D eigenvalue weighted by molar-refractivity contribution is -0.131. The van der Waals surface area contributed by atoms with Gasteiger partial charge in [-0.3, -0.25) is 9.59 Å². The number of nitrogens with one attached hydrogen (secondary N) is 2. The summed E-state index contributed by atoms with van der Waals surface area (Å²) >= 11 is 3.56. The van der Waals surface area contributed by atoms with Gasteiger partial charge in [0.1, 0.15) is 23.3 Å². The van der Waals surface area contributed by atoms with Gasteiger partial charge in [-0.05, 0) is 91.6 Å². The predicted octanol–water partition coefficient (Wildman–Crippen LogP) is 5.57. The maximum absolute atomic E-state index is 12.7. The van der Waals surface area contributed by atoms with Crippen molar-refractivity contribution in [1.29, 1.82) is 0 Å². The first-order chi connectivity index (χ1) is 17.8. The monoisotopic (exact) mass is 565 g/mol. The molecule has 3 aromatic rings. The number of hydrazone groups is 1. The normalized spacial score (nSPS) is 13.9. The maximum Gasteiger partial charge on any atom is 0.262 e. The summed E-state index contributed by atoms with van der Waals surface area (Å²) in [6.07, 6.45) is 5.96. The lowest BCUT2D eigenvalue weighted by Crippen LogP contribution is -2.49. The molecule has 2 N–H and O–H groups in total. The fourth-order valence-corrected chi connectivity index (χ4v) is 5.00. The van der Waals surface area contributed by atoms with Gasteiger partial charge in [0.05, 0.1) is 6.21 Å². The summed E-state index contributed by atoms with van der Waals surface area (Å²) in [6.45, 7) is 5.57. The zero-order chi connectivity index (χ0) is 26.4. The Morgan fingerprint density at radius 1 is 1.08 bits per heavy atom. The van der Waals surface area contributed by atoms with E-state index in [0.717, 1.165) is 28.4 Å². The second-order valence-electron chi connectivity index (χ2n) is 9.64. The van der Waals surface area contributed by atoms with Crippen LogP contribution in [0.2, 0.25) is 0 Å². The molecule has 0 saturated heterocycles. The molecule has 0 spiro atoms. The third-order valence-electron chi connectivity index (χ3n) is 6.34. The Bertz CT molecular complexity index is 1300. The molecule has 0 saturated carbocycles. The Hall–Kier alpha value is -3.39. The number of fused-ring (bicyclic) bond motifs is 1. The molecule has 0 radical (unpaired) electrons. The van der Waals surface area contributed by atoms with Gasteiger partial charge in [-0.15, -0.1) is 0 Å². The Balaban J connectivity index is 1.29. The summed E-state index contributed by atoms with van der Waals surface area (Å²) in [7, 11) is 0. The van der Waals surface area contributed by atoms with Crippen LogP contribution in [0.5, 0.6) is 5.75 Å². The van der Waals surface area contributed by atoms with Crippen LogP contribution in [0.4, 0.5) is 0 Å². The predicted molar refractivity (Wildman–Crippen MR) is 148 cm³/mol. The summed E-state index contributed by atoms with van der Waals surface area (Å²) in [5, 5.41) is 6.77. The SMILES string of the molecule is Cc1ccc(-c2ccc(/C=N\NC(=O)[C@@H](NC(=O)COc3ccc4c(c3)CCCC4)C(C)C)o2)c(Br)c1. The van der Waals surface area contributed by atoms with Crippen LogP contribution in [-0.4, -0.2) is 30.7 Å². The van der Waals surface area contributed by atoms with Gasteiger partial charge < -0.3 is 14.5 Å². The standard InChI is InChI=1S/C29H32BrN3O4/c1-18(2)28(32-27(34)17-36-22-10-9-20-6-4-5-7-21(20)15-22)29(35)33-31-16-23-11-13-26(37-23)24-12-8-19(3)14-25(24)30/h8-16,18,28H,4-7,17H2,1-3H3,(H,32,34)(H,33,35)/b31-16-/t28-/m0/s1. The Morgan fingerprint density at radius 2 is 1.86 bits per heavy atom. The molecule has 37 heavy (non-hydrogen) atoms. The van der Waals surface area contributed by atoms with E-state index in [1.54, 1.807) is 6.07 Å². The third-order valence-corrected chi connectivity index (χ3v) is 6.99. The van der Waals surface area contributed by atoms with Crippen LogP contribution in [0.25, 0.3) is 11.3 Å². The lowest BCUT2D eigenvalue weighted by Gasteiger charge is -2.21. The van der Waals surface area contributed by atoms with Crippen molar-refractivity contribution in [2.24, 2.45) is 11.0 Å². The van der Waals surface area contributed by atoms with Crippen molar-refractivity contribution in [3.05, 3.63) is 75.5 Å². The Morgan fingerprint density at radius 3 is 2.62 bits per heavy atom. The maximum atomic E-state index is 12.7. The van der Waals surface area contributed by atoms with Crippen LogP contribution in [0.1, 0.15) is 49.1 Å². The highest BCUT2D eigenvalue weighted by atomic mass is 79.9. The van der Waals surface area contributed by atoms with Crippen LogP contribution in [0.3, 0.4) is 0 Å². The van der Waals surface area contributed by atoms with E-state index in [2.05, 4.69) is 37.8 Å². The fraction of sp³-hybridized carbons (Fsp3) is 0.345. The minimum Gasteiger partial charge on any atom is -0.484 e.